The van der Waals surface area contributed by atoms with E-state index in [4.69, 9.17) is 5.73 Å². The Labute approximate surface area is 137 Å². The number of hydrogen-bond donors (Lipinski definition) is 2. The number of carbonyl (C=O) groups is 1. The number of carbonyl (C=O) groups excluding carboxylic acids is 1. The zero-order valence-electron chi connectivity index (χ0n) is 14.2. The van der Waals surface area contributed by atoms with Gasteiger partial charge in [0.2, 0.25) is 0 Å². The van der Waals surface area contributed by atoms with Crippen LogP contribution in [0.15, 0.2) is 0 Å². The van der Waals surface area contributed by atoms with Crippen molar-refractivity contribution in [3.8, 4) is 0 Å². The van der Waals surface area contributed by atoms with Crippen molar-refractivity contribution in [3.63, 3.8) is 0 Å². The molecule has 22 heavy (non-hydrogen) atoms. The number of thiazole rings is 1. The quantitative estimate of drug-likeness (QED) is 0.840. The Morgan fingerprint density at radius 1 is 1.45 bits per heavy atom. The van der Waals surface area contributed by atoms with Gasteiger partial charge in [-0.25, -0.2) is 4.98 Å². The molecule has 4 nitrogen and oxygen atoms in total. The van der Waals surface area contributed by atoms with Gasteiger partial charge in [-0.05, 0) is 39.0 Å². The van der Waals surface area contributed by atoms with Crippen molar-refractivity contribution < 1.29 is 4.79 Å². The van der Waals surface area contributed by atoms with E-state index in [0.29, 0.717) is 18.4 Å². The van der Waals surface area contributed by atoms with E-state index in [0.717, 1.165) is 22.0 Å². The lowest BCUT2D eigenvalue weighted by molar-refractivity contribution is 0.0901. The molecule has 2 rings (SSSR count). The SMILES string of the molecule is Cc1nc(C2CCCC2)sc1C(=O)NC(C)(CN)CC(C)C. The second-order valence-electron chi connectivity index (χ2n) is 7.26. The van der Waals surface area contributed by atoms with E-state index in [1.165, 1.54) is 25.7 Å². The predicted molar refractivity (Wildman–Crippen MR) is 92.4 cm³/mol. The number of amides is 1. The highest BCUT2D eigenvalue weighted by atomic mass is 32.1. The van der Waals surface area contributed by atoms with Crippen molar-refractivity contribution in [2.75, 3.05) is 6.54 Å². The second-order valence-corrected chi connectivity index (χ2v) is 8.30. The molecular formula is C17H29N3OS. The van der Waals surface area contributed by atoms with E-state index in [2.05, 4.69) is 24.1 Å². The van der Waals surface area contributed by atoms with Gasteiger partial charge in [0.25, 0.3) is 5.91 Å². The van der Waals surface area contributed by atoms with Gasteiger partial charge < -0.3 is 11.1 Å². The summed E-state index contributed by atoms with van der Waals surface area (Å²) in [5.74, 6) is 1.03. The summed E-state index contributed by atoms with van der Waals surface area (Å²) >= 11 is 1.57. The van der Waals surface area contributed by atoms with Gasteiger partial charge >= 0.3 is 0 Å². The van der Waals surface area contributed by atoms with Crippen LogP contribution in [0.5, 0.6) is 0 Å². The lowest BCUT2D eigenvalue weighted by atomic mass is 9.90. The van der Waals surface area contributed by atoms with Gasteiger partial charge in [-0.15, -0.1) is 11.3 Å². The van der Waals surface area contributed by atoms with Crippen molar-refractivity contribution in [3.05, 3.63) is 15.6 Å². The third-order valence-electron chi connectivity index (χ3n) is 4.45. The van der Waals surface area contributed by atoms with Gasteiger partial charge in [-0.2, -0.15) is 0 Å². The maximum atomic E-state index is 12.7. The molecule has 1 saturated carbocycles. The van der Waals surface area contributed by atoms with Crippen molar-refractivity contribution >= 4 is 17.2 Å². The molecule has 0 radical (unpaired) electrons. The number of rotatable bonds is 6. The maximum absolute atomic E-state index is 12.7. The summed E-state index contributed by atoms with van der Waals surface area (Å²) in [5.41, 5.74) is 6.40. The number of aromatic nitrogens is 1. The fourth-order valence-corrected chi connectivity index (χ4v) is 4.52. The van der Waals surface area contributed by atoms with E-state index in [9.17, 15) is 4.79 Å². The largest absolute Gasteiger partial charge is 0.345 e. The third kappa shape index (κ3) is 4.07. The average molecular weight is 324 g/mol. The molecule has 1 amide bonds. The van der Waals surface area contributed by atoms with E-state index >= 15 is 0 Å². The first-order valence-electron chi connectivity index (χ1n) is 8.34. The highest BCUT2D eigenvalue weighted by Crippen LogP contribution is 2.37. The molecule has 0 saturated heterocycles. The van der Waals surface area contributed by atoms with Crippen molar-refractivity contribution in [2.24, 2.45) is 11.7 Å². The topological polar surface area (TPSA) is 68.0 Å². The normalized spacial score (nSPS) is 18.6. The monoisotopic (exact) mass is 323 g/mol. The van der Waals surface area contributed by atoms with Crippen LogP contribution in [0.4, 0.5) is 0 Å². The summed E-state index contributed by atoms with van der Waals surface area (Å²) < 4.78 is 0. The number of nitrogens with one attached hydrogen (secondary N) is 1. The Balaban J connectivity index is 2.11. The molecule has 1 fully saturated rings. The molecule has 1 aliphatic carbocycles. The lowest BCUT2D eigenvalue weighted by Crippen LogP contribution is -2.52. The van der Waals surface area contributed by atoms with Gasteiger partial charge in [0.15, 0.2) is 0 Å². The molecule has 1 atom stereocenters. The van der Waals surface area contributed by atoms with Crippen LogP contribution in [0, 0.1) is 12.8 Å². The minimum Gasteiger partial charge on any atom is -0.345 e. The van der Waals surface area contributed by atoms with Gasteiger partial charge in [-0.3, -0.25) is 4.79 Å². The molecule has 5 heteroatoms. The fourth-order valence-electron chi connectivity index (χ4n) is 3.39. The Morgan fingerprint density at radius 2 is 2.09 bits per heavy atom. The van der Waals surface area contributed by atoms with Crippen LogP contribution in [0.25, 0.3) is 0 Å². The van der Waals surface area contributed by atoms with E-state index in [1.807, 2.05) is 13.8 Å². The van der Waals surface area contributed by atoms with Crippen molar-refractivity contribution in [1.82, 2.24) is 10.3 Å². The lowest BCUT2D eigenvalue weighted by Gasteiger charge is -2.31. The molecular weight excluding hydrogens is 294 g/mol. The molecule has 3 N–H and O–H groups in total. The van der Waals surface area contributed by atoms with Crippen LogP contribution in [-0.4, -0.2) is 23.0 Å². The molecule has 124 valence electrons. The summed E-state index contributed by atoms with van der Waals surface area (Å²) in [5, 5.41) is 4.28. The zero-order chi connectivity index (χ0) is 16.3. The van der Waals surface area contributed by atoms with Crippen molar-refractivity contribution in [1.29, 1.82) is 0 Å². The molecule has 0 aromatic carbocycles. The highest BCUT2D eigenvalue weighted by molar-refractivity contribution is 7.13. The summed E-state index contributed by atoms with van der Waals surface area (Å²) in [6.07, 6.45) is 5.86. The van der Waals surface area contributed by atoms with E-state index in [-0.39, 0.29) is 11.4 Å². The van der Waals surface area contributed by atoms with Gasteiger partial charge in [0.05, 0.1) is 16.2 Å². The standard InChI is InChI=1S/C17H29N3OS/c1-11(2)9-17(4,10-18)20-15(21)14-12(3)19-16(22-14)13-7-5-6-8-13/h11,13H,5-10,18H2,1-4H3,(H,20,21). The van der Waals surface area contributed by atoms with Gasteiger partial charge in [-0.1, -0.05) is 26.7 Å². The maximum Gasteiger partial charge on any atom is 0.263 e. The van der Waals surface area contributed by atoms with Crippen LogP contribution in [0.2, 0.25) is 0 Å². The fraction of sp³-hybridized carbons (Fsp3) is 0.765. The molecule has 1 heterocycles. The van der Waals surface area contributed by atoms with Crippen LogP contribution in [0.3, 0.4) is 0 Å². The molecule has 1 unspecified atom stereocenters. The van der Waals surface area contributed by atoms with Crippen LogP contribution in [0.1, 0.15) is 79.2 Å². The Hall–Kier alpha value is -0.940. The first-order valence-corrected chi connectivity index (χ1v) is 9.16. The average Bonchev–Trinajstić information content (AvgIpc) is 3.06. The summed E-state index contributed by atoms with van der Waals surface area (Å²) in [7, 11) is 0. The van der Waals surface area contributed by atoms with E-state index in [1.54, 1.807) is 11.3 Å². The smallest absolute Gasteiger partial charge is 0.263 e. The predicted octanol–water partition coefficient (Wildman–Crippen LogP) is 3.60. The Kier molecular flexibility index (Phi) is 5.61. The summed E-state index contributed by atoms with van der Waals surface area (Å²) in [6.45, 7) is 8.71. The summed E-state index contributed by atoms with van der Waals surface area (Å²) in [4.78, 5) is 18.1. The molecule has 1 aliphatic rings. The third-order valence-corrected chi connectivity index (χ3v) is 5.77. The second kappa shape index (κ2) is 7.09. The van der Waals surface area contributed by atoms with Crippen LogP contribution >= 0.6 is 11.3 Å². The Morgan fingerprint density at radius 3 is 2.64 bits per heavy atom. The highest BCUT2D eigenvalue weighted by Gasteiger charge is 2.29. The molecule has 0 spiro atoms. The first-order chi connectivity index (χ1) is 10.3. The number of nitrogens with two attached hydrogens (primary N) is 1. The number of aryl methyl sites for hydroxylation is 1. The minimum absolute atomic E-state index is 0.0205. The number of hydrogen-bond acceptors (Lipinski definition) is 4. The molecule has 0 aliphatic heterocycles. The van der Waals surface area contributed by atoms with Crippen LogP contribution < -0.4 is 11.1 Å². The Bertz CT molecular complexity index is 520. The minimum atomic E-state index is -0.352. The van der Waals surface area contributed by atoms with E-state index < -0.39 is 0 Å². The molecule has 1 aromatic heterocycles. The van der Waals surface area contributed by atoms with Crippen molar-refractivity contribution in [2.45, 2.75) is 71.3 Å². The summed E-state index contributed by atoms with van der Waals surface area (Å²) in [6, 6.07) is 0. The van der Waals surface area contributed by atoms with Gasteiger partial charge in [0, 0.05) is 12.5 Å². The van der Waals surface area contributed by atoms with Gasteiger partial charge in [0.1, 0.15) is 4.88 Å². The first kappa shape index (κ1) is 17.4. The van der Waals surface area contributed by atoms with Crippen LogP contribution in [-0.2, 0) is 0 Å². The number of nitrogens with zero attached hydrogens (tertiary/aromatic N) is 1. The molecule has 0 bridgehead atoms. The zero-order valence-corrected chi connectivity index (χ0v) is 15.1. The molecule has 1 aromatic rings.